The van der Waals surface area contributed by atoms with Gasteiger partial charge in [-0.25, -0.2) is 8.42 Å². The van der Waals surface area contributed by atoms with Gasteiger partial charge in [0, 0.05) is 23.1 Å². The van der Waals surface area contributed by atoms with Crippen molar-refractivity contribution in [3.05, 3.63) is 52.0 Å². The molecule has 30 heavy (non-hydrogen) atoms. The van der Waals surface area contributed by atoms with Crippen LogP contribution in [-0.4, -0.2) is 45.5 Å². The molecule has 2 aromatic rings. The molecule has 11 heteroatoms. The summed E-state index contributed by atoms with van der Waals surface area (Å²) in [6, 6.07) is 10.8. The van der Waals surface area contributed by atoms with E-state index < -0.39 is 10.0 Å². The molecule has 3 rings (SSSR count). The zero-order valence-electron chi connectivity index (χ0n) is 15.8. The average Bonchev–Trinajstić information content (AvgIpc) is 2.72. The average molecular weight is 466 g/mol. The fourth-order valence-corrected chi connectivity index (χ4v) is 5.35. The summed E-state index contributed by atoms with van der Waals surface area (Å²) in [6.07, 6.45) is 1.93. The summed E-state index contributed by atoms with van der Waals surface area (Å²) >= 11 is 12.0. The zero-order chi connectivity index (χ0) is 21.7. The third-order valence-corrected chi connectivity index (χ3v) is 7.05. The Labute approximate surface area is 185 Å². The van der Waals surface area contributed by atoms with Crippen LogP contribution in [0.15, 0.2) is 41.3 Å². The van der Waals surface area contributed by atoms with Crippen LogP contribution in [0.25, 0.3) is 0 Å². The molecule has 1 aliphatic rings. The van der Waals surface area contributed by atoms with Gasteiger partial charge < -0.3 is 14.8 Å². The largest absolute Gasteiger partial charge is 0.456 e. The Balaban J connectivity index is 1.90. The summed E-state index contributed by atoms with van der Waals surface area (Å²) in [5.41, 5.74) is 0.201. The molecule has 0 saturated carbocycles. The predicted molar refractivity (Wildman–Crippen MR) is 117 cm³/mol. The molecule has 0 amide bonds. The van der Waals surface area contributed by atoms with Crippen molar-refractivity contribution in [3.8, 4) is 17.6 Å². The number of rotatable bonds is 7. The molecule has 0 atom stereocenters. The molecule has 1 saturated heterocycles. The van der Waals surface area contributed by atoms with Crippen molar-refractivity contribution in [2.75, 3.05) is 13.1 Å². The van der Waals surface area contributed by atoms with E-state index in [9.17, 15) is 18.5 Å². The van der Waals surface area contributed by atoms with Crippen LogP contribution in [0, 0.1) is 11.3 Å². The molecule has 0 aromatic heterocycles. The van der Waals surface area contributed by atoms with Crippen LogP contribution < -0.4 is 9.96 Å². The molecule has 0 unspecified atom stereocenters. The van der Waals surface area contributed by atoms with Gasteiger partial charge in [-0.3, -0.25) is 0 Å². The first kappa shape index (κ1) is 22.6. The lowest BCUT2D eigenvalue weighted by Gasteiger charge is -2.31. The summed E-state index contributed by atoms with van der Waals surface area (Å²) in [4.78, 5) is 10.4. The molecule has 1 heterocycles. The monoisotopic (exact) mass is 465 g/mol. The highest BCUT2D eigenvalue weighted by molar-refractivity contribution is 7.89. The third-order valence-electron chi connectivity index (χ3n) is 4.70. The zero-order valence-corrected chi connectivity index (χ0v) is 18.2. The Morgan fingerprint density at radius 3 is 2.43 bits per heavy atom. The van der Waals surface area contributed by atoms with Crippen LogP contribution in [0.3, 0.4) is 0 Å². The van der Waals surface area contributed by atoms with Crippen molar-refractivity contribution in [1.29, 1.82) is 5.26 Å². The second-order valence-electron chi connectivity index (χ2n) is 6.73. The van der Waals surface area contributed by atoms with Gasteiger partial charge in [0.2, 0.25) is 10.0 Å². The van der Waals surface area contributed by atoms with Crippen molar-refractivity contribution >= 4 is 46.8 Å². The first-order valence-corrected chi connectivity index (χ1v) is 11.4. The van der Waals surface area contributed by atoms with Crippen LogP contribution in [0.2, 0.25) is 10.0 Å². The minimum Gasteiger partial charge on any atom is -0.456 e. The third kappa shape index (κ3) is 5.33. The summed E-state index contributed by atoms with van der Waals surface area (Å²) in [7, 11) is -3.68. The number of ether oxygens (including phenoxy) is 1. The fourth-order valence-electron chi connectivity index (χ4n) is 3.23. The summed E-state index contributed by atoms with van der Waals surface area (Å²) in [6.45, 7) is 0.580. The van der Waals surface area contributed by atoms with E-state index in [0.29, 0.717) is 22.9 Å². The lowest BCUT2D eigenvalue weighted by Crippen LogP contribution is -2.46. The van der Waals surface area contributed by atoms with Crippen LogP contribution in [0.1, 0.15) is 18.4 Å². The van der Waals surface area contributed by atoms with Gasteiger partial charge in [-0.2, -0.15) is 9.57 Å². The van der Waals surface area contributed by atoms with E-state index in [1.165, 1.54) is 40.7 Å². The maximum absolute atomic E-state index is 13.3. The number of hydrogen-bond donors (Lipinski definition) is 1. The Morgan fingerprint density at radius 2 is 1.83 bits per heavy atom. The highest BCUT2D eigenvalue weighted by atomic mass is 35.5. The molecule has 1 aliphatic heterocycles. The van der Waals surface area contributed by atoms with Gasteiger partial charge in [0.15, 0.2) is 0 Å². The van der Waals surface area contributed by atoms with Crippen molar-refractivity contribution in [2.24, 2.45) is 0 Å². The topological polar surface area (TPSA) is 99.5 Å². The fraction of sp³-hybridized carbons (Fsp3) is 0.263. The number of nitrogens with one attached hydrogen (secondary N) is 1. The minimum absolute atomic E-state index is 0.0773. The highest BCUT2D eigenvalue weighted by Gasteiger charge is 2.32. The summed E-state index contributed by atoms with van der Waals surface area (Å²) < 4.78 is 33.8. The Hall–Kier alpha value is -2.09. The lowest BCUT2D eigenvalue weighted by atomic mass is 9.93. The van der Waals surface area contributed by atoms with Gasteiger partial charge in [-0.05, 0) is 55.3 Å². The number of hydrogen-bond acceptors (Lipinski definition) is 6. The number of halogens is 2. The highest BCUT2D eigenvalue weighted by Crippen LogP contribution is 2.34. The maximum atomic E-state index is 13.3. The van der Waals surface area contributed by atoms with Crippen molar-refractivity contribution in [3.63, 3.8) is 0 Å². The van der Waals surface area contributed by atoms with E-state index in [0.717, 1.165) is 6.19 Å². The van der Waals surface area contributed by atoms with Crippen molar-refractivity contribution in [2.45, 2.75) is 23.8 Å². The van der Waals surface area contributed by atoms with Gasteiger partial charge in [-0.1, -0.05) is 23.2 Å². The minimum atomic E-state index is -3.92. The smallest absolute Gasteiger partial charge is 0.278 e. The number of sulfonamides is 1. The second kappa shape index (κ2) is 9.81. The number of piperidine rings is 1. The molecule has 0 spiro atoms. The normalized spacial score (nSPS) is 15.4. The molecular formula is C19H18BCl2N3O4S. The number of nitrogens with zero attached hydrogens (tertiary/aromatic N) is 2. The molecule has 1 fully saturated rings. The summed E-state index contributed by atoms with van der Waals surface area (Å²) in [5, 5.41) is 13.0. The number of benzene rings is 2. The van der Waals surface area contributed by atoms with E-state index in [1.54, 1.807) is 0 Å². The first-order valence-electron chi connectivity index (χ1n) is 9.19. The Kier molecular flexibility index (Phi) is 7.39. The van der Waals surface area contributed by atoms with E-state index in [1.807, 2.05) is 6.07 Å². The van der Waals surface area contributed by atoms with Gasteiger partial charge in [-0.15, -0.1) is 0 Å². The predicted octanol–water partition coefficient (Wildman–Crippen LogP) is 2.94. The van der Waals surface area contributed by atoms with Gasteiger partial charge in [0.1, 0.15) is 16.4 Å². The number of carbonyl (C=O) groups is 1. The van der Waals surface area contributed by atoms with Crippen molar-refractivity contribution < 1.29 is 17.9 Å². The molecule has 1 N–H and O–H groups in total. The second-order valence-corrected chi connectivity index (χ2v) is 9.51. The molecule has 156 valence electrons. The standard InChI is InChI=1S/C19H18BCl2N3O4S/c21-14-8-15(22)10-17(9-14)29-18-2-1-13(11-23)7-19(18)30(27,28)25-5-3-16(4-6-25)24-20-12-26/h1-2,7-10,12,16,20,24H,3-6H2. The quantitative estimate of drug-likeness (QED) is 0.498. The Bertz CT molecular complexity index is 1060. The number of carbonyl (C=O) groups excluding carboxylic acids is 1. The van der Waals surface area contributed by atoms with Gasteiger partial charge in [0.05, 0.1) is 17.8 Å². The van der Waals surface area contributed by atoms with Gasteiger partial charge in [0.25, 0.3) is 7.41 Å². The Morgan fingerprint density at radius 1 is 1.17 bits per heavy atom. The van der Waals surface area contributed by atoms with Crippen LogP contribution in [-0.2, 0) is 14.8 Å². The molecular weight excluding hydrogens is 448 g/mol. The van der Waals surface area contributed by atoms with Crippen LogP contribution >= 0.6 is 23.2 Å². The maximum Gasteiger partial charge on any atom is 0.278 e. The molecule has 0 radical (unpaired) electrons. The van der Waals surface area contributed by atoms with E-state index >= 15 is 0 Å². The molecule has 7 nitrogen and oxygen atoms in total. The van der Waals surface area contributed by atoms with E-state index in [-0.39, 0.29) is 48.5 Å². The number of nitriles is 1. The molecule has 2 aromatic carbocycles. The lowest BCUT2D eigenvalue weighted by molar-refractivity contribution is 0.309. The van der Waals surface area contributed by atoms with Crippen LogP contribution in [0.5, 0.6) is 11.5 Å². The SMILES string of the molecule is N#Cc1ccc(Oc2cc(Cl)cc(Cl)c2)c(S(=O)(=O)N2CCC(NBC=O)CC2)c1. The first-order chi connectivity index (χ1) is 14.3. The summed E-state index contributed by atoms with van der Waals surface area (Å²) in [5.74, 6) is 0.360. The van der Waals surface area contributed by atoms with Crippen LogP contribution in [0.4, 0.5) is 0 Å². The molecule has 0 bridgehead atoms. The van der Waals surface area contributed by atoms with E-state index in [4.69, 9.17) is 27.9 Å². The van der Waals surface area contributed by atoms with Gasteiger partial charge >= 0.3 is 0 Å². The molecule has 0 aliphatic carbocycles. The van der Waals surface area contributed by atoms with E-state index in [2.05, 4.69) is 5.23 Å². The van der Waals surface area contributed by atoms with Crippen molar-refractivity contribution in [1.82, 2.24) is 9.53 Å².